The fourth-order valence-corrected chi connectivity index (χ4v) is 1.77. The zero-order chi connectivity index (χ0) is 16.1. The maximum Gasteiger partial charge on any atom is 0.387 e. The smallest absolute Gasteiger partial charge is 0.387 e. The van der Waals surface area contributed by atoms with E-state index in [0.29, 0.717) is 5.56 Å². The Kier molecular flexibility index (Phi) is 4.98. The summed E-state index contributed by atoms with van der Waals surface area (Å²) in [4.78, 5) is 11.8. The number of alkyl halides is 2. The van der Waals surface area contributed by atoms with Crippen molar-refractivity contribution in [1.29, 1.82) is 0 Å². The van der Waals surface area contributed by atoms with Crippen LogP contribution < -0.4 is 10.1 Å². The molecule has 1 N–H and O–H groups in total. The lowest BCUT2D eigenvalue weighted by atomic mass is 10.1. The van der Waals surface area contributed by atoms with Gasteiger partial charge in [0.2, 0.25) is 5.91 Å². The minimum absolute atomic E-state index is 0.0423. The monoisotopic (exact) mass is 313 g/mol. The number of benzene rings is 2. The van der Waals surface area contributed by atoms with E-state index in [4.69, 9.17) is 0 Å². The molecule has 7 heteroatoms. The molecule has 0 aromatic heterocycles. The number of para-hydroxylation sites is 1. The summed E-state index contributed by atoms with van der Waals surface area (Å²) >= 11 is 0. The van der Waals surface area contributed by atoms with Crippen LogP contribution in [0.2, 0.25) is 0 Å². The second kappa shape index (κ2) is 6.93. The average molecular weight is 313 g/mol. The van der Waals surface area contributed by atoms with Crippen LogP contribution in [0.15, 0.2) is 42.5 Å². The largest absolute Gasteiger partial charge is 0.435 e. The second-order valence-corrected chi connectivity index (χ2v) is 4.34. The Balaban J connectivity index is 2.00. The predicted molar refractivity (Wildman–Crippen MR) is 71.8 cm³/mol. The lowest BCUT2D eigenvalue weighted by molar-refractivity contribution is -0.115. The van der Waals surface area contributed by atoms with Crippen LogP contribution in [0.4, 0.5) is 23.2 Å². The number of ether oxygens (including phenoxy) is 1. The van der Waals surface area contributed by atoms with Gasteiger partial charge in [-0.2, -0.15) is 8.78 Å². The van der Waals surface area contributed by atoms with Crippen molar-refractivity contribution >= 4 is 11.6 Å². The van der Waals surface area contributed by atoms with Crippen molar-refractivity contribution in [3.05, 3.63) is 59.7 Å². The first kappa shape index (κ1) is 15.8. The maximum absolute atomic E-state index is 13.4. The number of anilines is 1. The molecule has 1 amide bonds. The van der Waals surface area contributed by atoms with Crippen LogP contribution in [-0.4, -0.2) is 12.5 Å². The third-order valence-electron chi connectivity index (χ3n) is 2.74. The van der Waals surface area contributed by atoms with Crippen molar-refractivity contribution in [3.8, 4) is 5.75 Å². The molecule has 0 saturated carbocycles. The van der Waals surface area contributed by atoms with Crippen LogP contribution >= 0.6 is 0 Å². The zero-order valence-electron chi connectivity index (χ0n) is 11.2. The molecule has 0 atom stereocenters. The van der Waals surface area contributed by atoms with Gasteiger partial charge in [0.15, 0.2) is 0 Å². The van der Waals surface area contributed by atoms with Gasteiger partial charge in [0.05, 0.1) is 6.42 Å². The van der Waals surface area contributed by atoms with Crippen LogP contribution in [0.3, 0.4) is 0 Å². The molecule has 2 rings (SSSR count). The summed E-state index contributed by atoms with van der Waals surface area (Å²) in [5.41, 5.74) is -0.0407. The highest BCUT2D eigenvalue weighted by Crippen LogP contribution is 2.19. The lowest BCUT2D eigenvalue weighted by Gasteiger charge is -2.08. The summed E-state index contributed by atoms with van der Waals surface area (Å²) in [6.07, 6.45) is -0.164. The van der Waals surface area contributed by atoms with E-state index in [1.54, 1.807) is 0 Å². The number of hydrogen-bond donors (Lipinski definition) is 1. The number of amides is 1. The van der Waals surface area contributed by atoms with Gasteiger partial charge < -0.3 is 10.1 Å². The van der Waals surface area contributed by atoms with Crippen LogP contribution in [0.25, 0.3) is 0 Å². The number of carbonyl (C=O) groups excluding carboxylic acids is 1. The van der Waals surface area contributed by atoms with Gasteiger partial charge in [-0.25, -0.2) is 8.78 Å². The first-order valence-electron chi connectivity index (χ1n) is 6.23. The number of rotatable bonds is 5. The van der Waals surface area contributed by atoms with Gasteiger partial charge in [0.1, 0.15) is 23.1 Å². The van der Waals surface area contributed by atoms with E-state index in [1.165, 1.54) is 30.3 Å². The molecule has 0 spiro atoms. The van der Waals surface area contributed by atoms with Crippen LogP contribution in [-0.2, 0) is 11.2 Å². The Morgan fingerprint density at radius 3 is 2.18 bits per heavy atom. The first-order chi connectivity index (χ1) is 10.5. The summed E-state index contributed by atoms with van der Waals surface area (Å²) in [7, 11) is 0. The molecule has 0 radical (unpaired) electrons. The van der Waals surface area contributed by atoms with E-state index in [0.717, 1.165) is 12.1 Å². The quantitative estimate of drug-likeness (QED) is 0.854. The molecule has 0 bridgehead atoms. The van der Waals surface area contributed by atoms with Crippen LogP contribution in [0, 0.1) is 11.6 Å². The summed E-state index contributed by atoms with van der Waals surface area (Å²) in [6.45, 7) is -2.93. The molecule has 116 valence electrons. The maximum atomic E-state index is 13.4. The minimum Gasteiger partial charge on any atom is -0.435 e. The average Bonchev–Trinajstić information content (AvgIpc) is 2.45. The van der Waals surface area contributed by atoms with Gasteiger partial charge in [-0.15, -0.1) is 0 Å². The van der Waals surface area contributed by atoms with Gasteiger partial charge in [0, 0.05) is 0 Å². The molecular weight excluding hydrogens is 302 g/mol. The molecule has 2 aromatic carbocycles. The topological polar surface area (TPSA) is 38.3 Å². The second-order valence-electron chi connectivity index (χ2n) is 4.34. The van der Waals surface area contributed by atoms with Gasteiger partial charge in [-0.1, -0.05) is 18.2 Å². The molecule has 0 fully saturated rings. The van der Waals surface area contributed by atoms with Gasteiger partial charge in [-0.05, 0) is 29.8 Å². The fourth-order valence-electron chi connectivity index (χ4n) is 1.77. The molecule has 0 aliphatic rings. The van der Waals surface area contributed by atoms with E-state index in [2.05, 4.69) is 10.1 Å². The van der Waals surface area contributed by atoms with Crippen molar-refractivity contribution in [2.45, 2.75) is 13.0 Å². The number of hydrogen-bond acceptors (Lipinski definition) is 2. The molecule has 0 aliphatic heterocycles. The van der Waals surface area contributed by atoms with E-state index >= 15 is 0 Å². The molecule has 0 unspecified atom stereocenters. The Bertz CT molecular complexity index is 639. The van der Waals surface area contributed by atoms with Gasteiger partial charge >= 0.3 is 6.61 Å². The van der Waals surface area contributed by atoms with E-state index < -0.39 is 29.8 Å². The summed E-state index contributed by atoms with van der Waals surface area (Å²) < 4.78 is 54.9. The summed E-state index contributed by atoms with van der Waals surface area (Å²) in [6, 6.07) is 8.60. The summed E-state index contributed by atoms with van der Waals surface area (Å²) in [5, 5.41) is 2.13. The van der Waals surface area contributed by atoms with Crippen LogP contribution in [0.5, 0.6) is 5.75 Å². The van der Waals surface area contributed by atoms with Crippen molar-refractivity contribution in [3.63, 3.8) is 0 Å². The van der Waals surface area contributed by atoms with E-state index in [1.807, 2.05) is 0 Å². The number of carbonyl (C=O) groups is 1. The molecule has 0 aliphatic carbocycles. The molecule has 3 nitrogen and oxygen atoms in total. The third-order valence-corrected chi connectivity index (χ3v) is 2.74. The highest BCUT2D eigenvalue weighted by Gasteiger charge is 2.12. The molecule has 0 saturated heterocycles. The van der Waals surface area contributed by atoms with E-state index in [9.17, 15) is 22.4 Å². The Hall–Kier alpha value is -2.57. The molecule has 22 heavy (non-hydrogen) atoms. The Morgan fingerprint density at radius 1 is 1.05 bits per heavy atom. The zero-order valence-corrected chi connectivity index (χ0v) is 11.2. The minimum atomic E-state index is -2.93. The number of nitrogens with one attached hydrogen (secondary N) is 1. The lowest BCUT2D eigenvalue weighted by Crippen LogP contribution is -2.16. The molecule has 2 aromatic rings. The highest BCUT2D eigenvalue weighted by atomic mass is 19.3. The van der Waals surface area contributed by atoms with Crippen LogP contribution in [0.1, 0.15) is 5.56 Å². The Labute approximate surface area is 123 Å². The SMILES string of the molecule is O=C(Cc1ccc(OC(F)F)cc1)Nc1c(F)cccc1F. The number of halogens is 4. The standard InChI is InChI=1S/C15H11F4NO2/c16-11-2-1-3-12(17)14(11)20-13(21)8-9-4-6-10(7-5-9)22-15(18)19/h1-7,15H,8H2,(H,20,21). The fraction of sp³-hybridized carbons (Fsp3) is 0.133. The summed E-state index contributed by atoms with van der Waals surface area (Å²) in [5.74, 6) is -2.44. The normalized spacial score (nSPS) is 10.6. The van der Waals surface area contributed by atoms with Gasteiger partial charge in [-0.3, -0.25) is 4.79 Å². The Morgan fingerprint density at radius 2 is 1.64 bits per heavy atom. The molecule has 0 heterocycles. The van der Waals surface area contributed by atoms with Crippen molar-refractivity contribution < 1.29 is 27.1 Å². The molecular formula is C15H11F4NO2. The van der Waals surface area contributed by atoms with Gasteiger partial charge in [0.25, 0.3) is 0 Å². The first-order valence-corrected chi connectivity index (χ1v) is 6.23. The van der Waals surface area contributed by atoms with Crippen molar-refractivity contribution in [2.75, 3.05) is 5.32 Å². The predicted octanol–water partition coefficient (Wildman–Crippen LogP) is 3.75. The van der Waals surface area contributed by atoms with Crippen molar-refractivity contribution in [2.24, 2.45) is 0 Å². The van der Waals surface area contributed by atoms with E-state index in [-0.39, 0.29) is 12.2 Å². The highest BCUT2D eigenvalue weighted by molar-refractivity contribution is 5.92. The third kappa shape index (κ3) is 4.21. The van der Waals surface area contributed by atoms with Crippen molar-refractivity contribution in [1.82, 2.24) is 0 Å².